The Balaban J connectivity index is 1.46. The number of amides is 2. The summed E-state index contributed by atoms with van der Waals surface area (Å²) in [4.78, 5) is 30.4. The molecule has 142 valence electrons. The number of hydrogen-bond acceptors (Lipinski definition) is 4. The van der Waals surface area contributed by atoms with Gasteiger partial charge in [0, 0.05) is 24.4 Å². The molecule has 2 aromatic carbocycles. The van der Waals surface area contributed by atoms with E-state index in [-0.39, 0.29) is 11.8 Å². The van der Waals surface area contributed by atoms with Crippen LogP contribution in [0.3, 0.4) is 0 Å². The molecule has 0 bridgehead atoms. The average molecular weight is 391 g/mol. The summed E-state index contributed by atoms with van der Waals surface area (Å²) in [6, 6.07) is 18.1. The number of nitrogens with zero attached hydrogens (tertiary/aromatic N) is 2. The Morgan fingerprint density at radius 3 is 2.43 bits per heavy atom. The van der Waals surface area contributed by atoms with Gasteiger partial charge in [-0.3, -0.25) is 9.59 Å². The third-order valence-electron chi connectivity index (χ3n) is 4.98. The highest BCUT2D eigenvalue weighted by Gasteiger charge is 2.32. The highest BCUT2D eigenvalue weighted by molar-refractivity contribution is 7.14. The Morgan fingerprint density at radius 1 is 1.04 bits per heavy atom. The molecule has 0 spiro atoms. The molecule has 1 aliphatic rings. The summed E-state index contributed by atoms with van der Waals surface area (Å²) in [5, 5.41) is 5.36. The monoisotopic (exact) mass is 391 g/mol. The van der Waals surface area contributed by atoms with E-state index in [1.165, 1.54) is 23.8 Å². The van der Waals surface area contributed by atoms with Gasteiger partial charge < -0.3 is 10.2 Å². The van der Waals surface area contributed by atoms with E-state index in [2.05, 4.69) is 34.6 Å². The van der Waals surface area contributed by atoms with Gasteiger partial charge in [-0.15, -0.1) is 11.3 Å². The number of rotatable bonds is 4. The molecular weight excluding hydrogens is 370 g/mol. The first-order valence-electron chi connectivity index (χ1n) is 9.31. The smallest absolute Gasteiger partial charge is 0.248 e. The van der Waals surface area contributed by atoms with E-state index >= 15 is 0 Å². The molecule has 5 nitrogen and oxygen atoms in total. The summed E-state index contributed by atoms with van der Waals surface area (Å²) in [6.45, 7) is 2.15. The molecule has 1 saturated heterocycles. The molecule has 2 heterocycles. The van der Waals surface area contributed by atoms with Crippen molar-refractivity contribution in [3.8, 4) is 22.4 Å². The van der Waals surface area contributed by atoms with E-state index in [0.29, 0.717) is 18.1 Å². The zero-order valence-electron chi connectivity index (χ0n) is 15.6. The lowest BCUT2D eigenvalue weighted by Crippen LogP contribution is -2.42. The predicted molar refractivity (Wildman–Crippen MR) is 112 cm³/mol. The third kappa shape index (κ3) is 3.82. The molecule has 3 aromatic rings. The predicted octanol–water partition coefficient (Wildman–Crippen LogP) is 4.43. The van der Waals surface area contributed by atoms with Crippen LogP contribution in [0.4, 0.5) is 5.13 Å². The van der Waals surface area contributed by atoms with Crippen LogP contribution in [0.2, 0.25) is 0 Å². The highest BCUT2D eigenvalue weighted by atomic mass is 32.1. The highest BCUT2D eigenvalue weighted by Crippen LogP contribution is 2.28. The Morgan fingerprint density at radius 2 is 1.71 bits per heavy atom. The second-order valence-electron chi connectivity index (χ2n) is 6.84. The van der Waals surface area contributed by atoms with E-state index in [4.69, 9.17) is 0 Å². The zero-order chi connectivity index (χ0) is 19.5. The van der Waals surface area contributed by atoms with E-state index in [1.807, 2.05) is 35.7 Å². The van der Waals surface area contributed by atoms with Crippen LogP contribution in [-0.2, 0) is 9.59 Å². The normalized spacial score (nSPS) is 16.2. The lowest BCUT2D eigenvalue weighted by Gasteiger charge is -2.21. The number of thiazole rings is 1. The van der Waals surface area contributed by atoms with Gasteiger partial charge in [-0.2, -0.15) is 0 Å². The van der Waals surface area contributed by atoms with Crippen molar-refractivity contribution in [1.29, 1.82) is 0 Å². The van der Waals surface area contributed by atoms with Crippen molar-refractivity contribution in [2.24, 2.45) is 0 Å². The van der Waals surface area contributed by atoms with Crippen LogP contribution in [0.5, 0.6) is 0 Å². The topological polar surface area (TPSA) is 62.3 Å². The van der Waals surface area contributed by atoms with E-state index in [0.717, 1.165) is 23.2 Å². The summed E-state index contributed by atoms with van der Waals surface area (Å²) < 4.78 is 0. The number of hydrogen-bond donors (Lipinski definition) is 1. The molecule has 1 unspecified atom stereocenters. The van der Waals surface area contributed by atoms with Gasteiger partial charge in [0.15, 0.2) is 5.13 Å². The lowest BCUT2D eigenvalue weighted by molar-refractivity contribution is -0.134. The SMILES string of the molecule is CC(=O)N1CCCC1C(=O)Nc1nc(-c2ccc(-c3ccccc3)cc2)cs1. The van der Waals surface area contributed by atoms with Gasteiger partial charge in [-0.05, 0) is 24.0 Å². The van der Waals surface area contributed by atoms with E-state index in [9.17, 15) is 9.59 Å². The van der Waals surface area contributed by atoms with Crippen molar-refractivity contribution in [2.45, 2.75) is 25.8 Å². The average Bonchev–Trinajstić information content (AvgIpc) is 3.38. The van der Waals surface area contributed by atoms with Crippen molar-refractivity contribution >= 4 is 28.3 Å². The van der Waals surface area contributed by atoms with Crippen LogP contribution in [-0.4, -0.2) is 34.3 Å². The van der Waals surface area contributed by atoms with Crippen LogP contribution in [0, 0.1) is 0 Å². The van der Waals surface area contributed by atoms with Crippen LogP contribution >= 0.6 is 11.3 Å². The third-order valence-corrected chi connectivity index (χ3v) is 5.74. The standard InChI is InChI=1S/C22H21N3O2S/c1-15(26)25-13-5-8-20(25)21(27)24-22-23-19(14-28-22)18-11-9-17(10-12-18)16-6-3-2-4-7-16/h2-4,6-7,9-12,14,20H,5,8,13H2,1H3,(H,23,24,27). The van der Waals surface area contributed by atoms with Gasteiger partial charge in [0.2, 0.25) is 11.8 Å². The fourth-order valence-electron chi connectivity index (χ4n) is 3.53. The van der Waals surface area contributed by atoms with Crippen molar-refractivity contribution < 1.29 is 9.59 Å². The van der Waals surface area contributed by atoms with Crippen molar-refractivity contribution in [2.75, 3.05) is 11.9 Å². The number of anilines is 1. The molecule has 0 aliphatic carbocycles. The maximum Gasteiger partial charge on any atom is 0.248 e. The molecule has 1 fully saturated rings. The number of carbonyl (C=O) groups excluding carboxylic acids is 2. The Labute approximate surface area is 168 Å². The van der Waals surface area contributed by atoms with E-state index in [1.54, 1.807) is 4.90 Å². The number of nitrogens with one attached hydrogen (secondary N) is 1. The number of benzene rings is 2. The minimum atomic E-state index is -0.394. The molecule has 0 radical (unpaired) electrons. The van der Waals surface area contributed by atoms with Gasteiger partial charge in [-0.25, -0.2) is 4.98 Å². The first-order valence-corrected chi connectivity index (χ1v) is 10.2. The largest absolute Gasteiger partial charge is 0.331 e. The van der Waals surface area contributed by atoms with Crippen molar-refractivity contribution in [1.82, 2.24) is 9.88 Å². The molecular formula is C22H21N3O2S. The van der Waals surface area contributed by atoms with Crippen LogP contribution in [0.25, 0.3) is 22.4 Å². The molecule has 1 aromatic heterocycles. The second kappa shape index (κ2) is 7.94. The first-order chi connectivity index (χ1) is 13.6. The summed E-state index contributed by atoms with van der Waals surface area (Å²) >= 11 is 1.40. The number of likely N-dealkylation sites (tertiary alicyclic amines) is 1. The van der Waals surface area contributed by atoms with E-state index < -0.39 is 6.04 Å². The summed E-state index contributed by atoms with van der Waals surface area (Å²) in [5.41, 5.74) is 4.16. The van der Waals surface area contributed by atoms with Crippen molar-refractivity contribution in [3.05, 3.63) is 60.0 Å². The van der Waals surface area contributed by atoms with Gasteiger partial charge >= 0.3 is 0 Å². The maximum atomic E-state index is 12.5. The molecule has 0 saturated carbocycles. The lowest BCUT2D eigenvalue weighted by atomic mass is 10.0. The minimum absolute atomic E-state index is 0.0593. The Bertz CT molecular complexity index is 983. The quantitative estimate of drug-likeness (QED) is 0.716. The van der Waals surface area contributed by atoms with Gasteiger partial charge in [0.05, 0.1) is 5.69 Å². The summed E-state index contributed by atoms with van der Waals surface area (Å²) in [7, 11) is 0. The molecule has 2 amide bonds. The number of carbonyl (C=O) groups is 2. The molecule has 6 heteroatoms. The van der Waals surface area contributed by atoms with Gasteiger partial charge in [0.25, 0.3) is 0 Å². The fraction of sp³-hybridized carbons (Fsp3) is 0.227. The Hall–Kier alpha value is -2.99. The summed E-state index contributed by atoms with van der Waals surface area (Å²) in [6.07, 6.45) is 1.55. The Kier molecular flexibility index (Phi) is 5.21. The van der Waals surface area contributed by atoms with Gasteiger partial charge in [-0.1, -0.05) is 54.6 Å². The van der Waals surface area contributed by atoms with Crippen molar-refractivity contribution in [3.63, 3.8) is 0 Å². The van der Waals surface area contributed by atoms with Crippen LogP contribution in [0.1, 0.15) is 19.8 Å². The van der Waals surface area contributed by atoms with Crippen LogP contribution < -0.4 is 5.32 Å². The zero-order valence-corrected chi connectivity index (χ0v) is 16.4. The molecule has 1 aliphatic heterocycles. The number of aromatic nitrogens is 1. The molecule has 28 heavy (non-hydrogen) atoms. The fourth-order valence-corrected chi connectivity index (χ4v) is 4.26. The minimum Gasteiger partial charge on any atom is -0.331 e. The molecule has 1 atom stereocenters. The first kappa shape index (κ1) is 18.4. The maximum absolute atomic E-state index is 12.5. The summed E-state index contributed by atoms with van der Waals surface area (Å²) in [5.74, 6) is -0.219. The second-order valence-corrected chi connectivity index (χ2v) is 7.70. The molecule has 1 N–H and O–H groups in total. The van der Waals surface area contributed by atoms with Gasteiger partial charge in [0.1, 0.15) is 6.04 Å². The van der Waals surface area contributed by atoms with Crippen LogP contribution in [0.15, 0.2) is 60.0 Å². The molecule has 4 rings (SSSR count).